The van der Waals surface area contributed by atoms with Gasteiger partial charge in [-0.2, -0.15) is 0 Å². The number of hydrogen-bond acceptors (Lipinski definition) is 3. The van der Waals surface area contributed by atoms with Crippen molar-refractivity contribution in [2.24, 2.45) is 51.8 Å². The van der Waals surface area contributed by atoms with Gasteiger partial charge in [-0.3, -0.25) is 0 Å². The molecule has 0 aromatic carbocycles. The number of hydrogen-bond donors (Lipinski definition) is 0. The van der Waals surface area contributed by atoms with E-state index in [4.69, 9.17) is 11.4 Å². The highest BCUT2D eigenvalue weighted by molar-refractivity contribution is 6.36. The Morgan fingerprint density at radius 2 is 0.582 bits per heavy atom. The van der Waals surface area contributed by atoms with Gasteiger partial charge in [0.25, 0.3) is 0 Å². The van der Waals surface area contributed by atoms with Crippen molar-refractivity contribution in [1.82, 2.24) is 0 Å². The van der Waals surface area contributed by atoms with Gasteiger partial charge in [0.2, 0.25) is 0 Å². The van der Waals surface area contributed by atoms with Crippen molar-refractivity contribution in [1.29, 1.82) is 0 Å². The fraction of sp³-hybridized carbons (Fsp3) is 1.00. The van der Waals surface area contributed by atoms with Crippen LogP contribution in [0.4, 0.5) is 0 Å². The van der Waals surface area contributed by atoms with Gasteiger partial charge in [-0.25, -0.2) is 0 Å². The molecule has 6 saturated carbocycles. The second-order valence-electron chi connectivity index (χ2n) is 21.8. The summed E-state index contributed by atoms with van der Waals surface area (Å²) in [6, 6.07) is 0. The van der Waals surface area contributed by atoms with Crippen LogP contribution in [-0.2, 0) is 11.4 Å². The molecular weight excluding hydrogens is 688 g/mol. The molecule has 0 N–H and O–H groups in total. The summed E-state index contributed by atoms with van der Waals surface area (Å²) in [7, 11) is 0. The van der Waals surface area contributed by atoms with Crippen LogP contribution >= 0.6 is 0 Å². The van der Waals surface area contributed by atoms with Gasteiger partial charge in [0.1, 0.15) is 0 Å². The van der Waals surface area contributed by atoms with Gasteiger partial charge >= 0.3 is 15.1 Å². The van der Waals surface area contributed by atoms with Gasteiger partial charge in [-0.1, -0.05) is 138 Å². The van der Waals surface area contributed by atoms with Crippen LogP contribution in [0.15, 0.2) is 0 Å². The van der Waals surface area contributed by atoms with Gasteiger partial charge in [0.05, 0.1) is 0 Å². The molecule has 6 aliphatic carbocycles. The molecule has 0 aromatic heterocycles. The highest BCUT2D eigenvalue weighted by Crippen LogP contribution is 2.60. The summed E-state index contributed by atoms with van der Waals surface area (Å²) < 4.78 is 23.3. The number of rotatable bonds is 30. The molecule has 0 spiro atoms. The highest BCUT2D eigenvalue weighted by Gasteiger charge is 2.57. The van der Waals surface area contributed by atoms with Gasteiger partial charge in [-0.05, 0) is 167 Å². The first kappa shape index (κ1) is 45.0. The van der Waals surface area contributed by atoms with Crippen LogP contribution in [0.1, 0.15) is 253 Å². The molecular formula is C51H93AlO3. The van der Waals surface area contributed by atoms with E-state index in [1.54, 1.807) is 0 Å². The van der Waals surface area contributed by atoms with Crippen molar-refractivity contribution in [3.8, 4) is 0 Å². The summed E-state index contributed by atoms with van der Waals surface area (Å²) in [6.07, 6.45) is 47.1. The Labute approximate surface area is 348 Å². The lowest BCUT2D eigenvalue weighted by molar-refractivity contribution is -0.144. The molecule has 0 heterocycles. The van der Waals surface area contributed by atoms with Crippen LogP contribution < -0.4 is 0 Å². The molecule has 4 heteroatoms. The molecule has 0 saturated heterocycles. The Bertz CT molecular complexity index is 899. The van der Waals surface area contributed by atoms with E-state index in [9.17, 15) is 0 Å². The lowest BCUT2D eigenvalue weighted by atomic mass is 9.54. The van der Waals surface area contributed by atoms with Gasteiger partial charge in [0.15, 0.2) is 0 Å². The summed E-state index contributed by atoms with van der Waals surface area (Å²) in [6.45, 7) is 14.4. The normalized spacial score (nSPS) is 25.9. The third-order valence-electron chi connectivity index (χ3n) is 17.6. The van der Waals surface area contributed by atoms with Crippen LogP contribution in [-0.4, -0.2) is 33.5 Å². The minimum Gasteiger partial charge on any atom is -0.451 e. The Morgan fingerprint density at radius 1 is 0.364 bits per heavy atom. The fourth-order valence-electron chi connectivity index (χ4n) is 13.4. The largest absolute Gasteiger partial charge is 0.906 e. The molecule has 6 fully saturated rings. The van der Waals surface area contributed by atoms with Crippen LogP contribution in [0.2, 0.25) is 0 Å². The maximum absolute atomic E-state index is 7.75. The summed E-state index contributed by atoms with van der Waals surface area (Å²) in [5.74, 6) is 4.40. The second-order valence-corrected chi connectivity index (χ2v) is 23.2. The van der Waals surface area contributed by atoms with Crippen molar-refractivity contribution in [2.75, 3.05) is 0 Å². The predicted octanol–water partition coefficient (Wildman–Crippen LogP) is 15.9. The van der Waals surface area contributed by atoms with Crippen molar-refractivity contribution >= 4 is 15.1 Å². The fourth-order valence-corrected chi connectivity index (χ4v) is 15.7. The Kier molecular flexibility index (Phi) is 17.8. The van der Waals surface area contributed by atoms with Gasteiger partial charge in [-0.15, -0.1) is 0 Å². The van der Waals surface area contributed by atoms with Crippen LogP contribution in [0.25, 0.3) is 0 Å². The van der Waals surface area contributed by atoms with E-state index in [0.29, 0.717) is 34.6 Å². The zero-order chi connectivity index (χ0) is 38.7. The van der Waals surface area contributed by atoms with Crippen LogP contribution in [0.3, 0.4) is 0 Å². The summed E-state index contributed by atoms with van der Waals surface area (Å²) in [5.41, 5.74) is 1.76. The smallest absolute Gasteiger partial charge is 0.451 e. The first-order valence-corrected chi connectivity index (χ1v) is 27.2. The highest BCUT2D eigenvalue weighted by atomic mass is 27.3. The summed E-state index contributed by atoms with van der Waals surface area (Å²) >= 11 is -2.39. The molecule has 318 valence electrons. The van der Waals surface area contributed by atoms with Gasteiger partial charge < -0.3 is 11.4 Å². The molecule has 3 unspecified atom stereocenters. The average molecular weight is 781 g/mol. The minimum absolute atomic E-state index is 0.384. The first-order chi connectivity index (χ1) is 26.8. The Morgan fingerprint density at radius 3 is 0.745 bits per heavy atom. The molecule has 0 amide bonds. The molecule has 3 atom stereocenters. The van der Waals surface area contributed by atoms with Gasteiger partial charge in [0, 0.05) is 18.3 Å². The van der Waals surface area contributed by atoms with Crippen molar-refractivity contribution in [2.45, 2.75) is 272 Å². The quantitative estimate of drug-likeness (QED) is 0.0680. The zero-order valence-electron chi connectivity index (χ0n) is 37.8. The maximum Gasteiger partial charge on any atom is 0.906 e. The average Bonchev–Trinajstić information content (AvgIpc) is 3.06. The Hall–Kier alpha value is 0.412. The number of unbranched alkanes of at least 4 members (excludes halogenated alkanes) is 6. The maximum atomic E-state index is 7.75. The lowest BCUT2D eigenvalue weighted by Crippen LogP contribution is -2.56. The molecule has 3 nitrogen and oxygen atoms in total. The molecule has 6 aliphatic rings. The third kappa shape index (κ3) is 11.4. The van der Waals surface area contributed by atoms with Crippen LogP contribution in [0, 0.1) is 51.8 Å². The first-order valence-electron chi connectivity index (χ1n) is 25.8. The topological polar surface area (TPSA) is 27.7 Å². The minimum atomic E-state index is -2.39. The standard InChI is InChI=1S/3C17H31O.Al/c3*1-3-5-10-17(11-6-4-2)12-15(13-17)16(18)14-8-7-9-14;/h3*14-16H,3-13H2,1-2H3;/q3*-1;+3. The lowest BCUT2D eigenvalue weighted by Gasteiger charge is -2.56. The van der Waals surface area contributed by atoms with E-state index >= 15 is 0 Å². The van der Waals surface area contributed by atoms with Crippen LogP contribution in [0.5, 0.6) is 0 Å². The van der Waals surface area contributed by atoms with E-state index in [0.717, 1.165) is 35.5 Å². The van der Waals surface area contributed by atoms with E-state index in [2.05, 4.69) is 41.5 Å². The van der Waals surface area contributed by atoms with E-state index in [-0.39, 0.29) is 0 Å². The molecule has 0 aromatic rings. The molecule has 6 rings (SSSR count). The SMILES string of the molecule is CCCCC1(CCCC)CC(C([O][Al]([O]C(C2CCC2)C2CC(CCCC)(CCCC)C2)[O]C(C2CCC2)C2CC(CCCC)(CCCC)C2)C2CCC2)C1. The summed E-state index contributed by atoms with van der Waals surface area (Å²) in [5, 5.41) is 0. The van der Waals surface area contributed by atoms with Crippen molar-refractivity contribution in [3.05, 3.63) is 0 Å². The predicted molar refractivity (Wildman–Crippen MR) is 235 cm³/mol. The Balaban J connectivity index is 1.23. The van der Waals surface area contributed by atoms with E-state index in [1.165, 1.54) is 212 Å². The monoisotopic (exact) mass is 781 g/mol. The molecule has 0 aliphatic heterocycles. The van der Waals surface area contributed by atoms with E-state index in [1.807, 2.05) is 0 Å². The third-order valence-corrected chi connectivity index (χ3v) is 19.2. The van der Waals surface area contributed by atoms with E-state index < -0.39 is 15.1 Å². The molecule has 0 bridgehead atoms. The molecule has 55 heavy (non-hydrogen) atoms. The second kappa shape index (κ2) is 21.8. The van der Waals surface area contributed by atoms with Crippen molar-refractivity contribution in [3.63, 3.8) is 0 Å². The summed E-state index contributed by atoms with van der Waals surface area (Å²) in [4.78, 5) is 0. The zero-order valence-corrected chi connectivity index (χ0v) is 39.0. The van der Waals surface area contributed by atoms with Crippen molar-refractivity contribution < 1.29 is 11.4 Å². The molecule has 0 radical (unpaired) electrons.